The lowest BCUT2D eigenvalue weighted by Crippen LogP contribution is -2.62. The number of carboxylic acid groups (broad SMARTS) is 1. The van der Waals surface area contributed by atoms with Crippen LogP contribution in [-0.2, 0) is 9.59 Å². The second-order valence-electron chi connectivity index (χ2n) is 6.02. The number of carbonyl (C=O) groups is 3. The van der Waals surface area contributed by atoms with Gasteiger partial charge in [0.1, 0.15) is 0 Å². The van der Waals surface area contributed by atoms with Crippen molar-refractivity contribution in [1.82, 2.24) is 10.2 Å². The fourth-order valence-corrected chi connectivity index (χ4v) is 3.51. The Bertz CT molecular complexity index is 768. The Morgan fingerprint density at radius 1 is 1.42 bits per heavy atom. The number of hydrogen-bond donors (Lipinski definition) is 2. The average Bonchev–Trinajstić information content (AvgIpc) is 2.89. The molecule has 1 aromatic carbocycles. The van der Waals surface area contributed by atoms with E-state index in [1.807, 2.05) is 0 Å². The summed E-state index contributed by atoms with van der Waals surface area (Å²) >= 11 is 0. The van der Waals surface area contributed by atoms with Gasteiger partial charge in [0, 0.05) is 12.6 Å². The van der Waals surface area contributed by atoms with Crippen molar-refractivity contribution in [1.29, 1.82) is 0 Å². The van der Waals surface area contributed by atoms with Crippen molar-refractivity contribution < 1.29 is 24.6 Å². The van der Waals surface area contributed by atoms with Gasteiger partial charge in [-0.15, -0.1) is 0 Å². The maximum atomic E-state index is 12.2. The molecule has 1 saturated heterocycles. The number of carboxylic acids is 1. The largest absolute Gasteiger partial charge is 0.543 e. The molecule has 3 rings (SSSR count). The van der Waals surface area contributed by atoms with Crippen molar-refractivity contribution >= 4 is 23.4 Å². The molecule has 7 heteroatoms. The van der Waals surface area contributed by atoms with Crippen molar-refractivity contribution in [3.8, 4) is 0 Å². The molecule has 126 valence electrons. The average molecular weight is 329 g/mol. The SMILES string of the molecule is CNC(=O)c1cccc(C2=C(C(=O)[O-])N3C(=O)[C@H]([C@@H](C)O)[C@H]3C2)c1. The highest BCUT2D eigenvalue weighted by atomic mass is 16.4. The topological polar surface area (TPSA) is 110 Å². The van der Waals surface area contributed by atoms with Crippen molar-refractivity contribution in [2.75, 3.05) is 7.05 Å². The molecule has 0 saturated carbocycles. The Hall–Kier alpha value is -2.67. The summed E-state index contributed by atoms with van der Waals surface area (Å²) in [6, 6.07) is 6.17. The number of aliphatic hydroxyl groups is 1. The van der Waals surface area contributed by atoms with Crippen LogP contribution >= 0.6 is 0 Å². The predicted molar refractivity (Wildman–Crippen MR) is 82.2 cm³/mol. The van der Waals surface area contributed by atoms with Gasteiger partial charge in [0.05, 0.1) is 29.7 Å². The molecule has 0 spiro atoms. The number of nitrogens with zero attached hydrogens (tertiary/aromatic N) is 1. The predicted octanol–water partition coefficient (Wildman–Crippen LogP) is -0.881. The molecule has 0 aromatic heterocycles. The molecule has 7 nitrogen and oxygen atoms in total. The molecule has 2 N–H and O–H groups in total. The van der Waals surface area contributed by atoms with E-state index in [-0.39, 0.29) is 17.6 Å². The van der Waals surface area contributed by atoms with Gasteiger partial charge in [-0.1, -0.05) is 12.1 Å². The van der Waals surface area contributed by atoms with Gasteiger partial charge in [-0.25, -0.2) is 0 Å². The number of amides is 2. The lowest BCUT2D eigenvalue weighted by Gasteiger charge is -2.45. The fourth-order valence-electron chi connectivity index (χ4n) is 3.51. The van der Waals surface area contributed by atoms with Crippen LogP contribution < -0.4 is 10.4 Å². The first-order valence-electron chi connectivity index (χ1n) is 7.65. The zero-order valence-corrected chi connectivity index (χ0v) is 13.3. The highest BCUT2D eigenvalue weighted by Crippen LogP contribution is 2.46. The third-order valence-electron chi connectivity index (χ3n) is 4.62. The number of nitrogens with one attached hydrogen (secondary N) is 1. The number of hydrogen-bond acceptors (Lipinski definition) is 5. The minimum absolute atomic E-state index is 0.170. The van der Waals surface area contributed by atoms with Gasteiger partial charge >= 0.3 is 0 Å². The standard InChI is InChI=1S/C17H18N2O5/c1-8(20)13-12-7-11(14(17(23)24)19(12)16(13)22)9-4-3-5-10(6-9)15(21)18-2/h3-6,8,12-13,20H,7H2,1-2H3,(H,18,21)(H,23,24)/p-1/t8-,12-,13-/m1/s1. The van der Waals surface area contributed by atoms with E-state index in [9.17, 15) is 24.6 Å². The third-order valence-corrected chi connectivity index (χ3v) is 4.62. The first-order chi connectivity index (χ1) is 11.4. The van der Waals surface area contributed by atoms with Gasteiger partial charge in [0.15, 0.2) is 0 Å². The second kappa shape index (κ2) is 5.76. The van der Waals surface area contributed by atoms with Crippen LogP contribution in [0.2, 0.25) is 0 Å². The molecular formula is C17H17N2O5-. The van der Waals surface area contributed by atoms with Crippen LogP contribution in [0.25, 0.3) is 5.57 Å². The van der Waals surface area contributed by atoms with E-state index >= 15 is 0 Å². The Morgan fingerprint density at radius 2 is 2.12 bits per heavy atom. The Kier molecular flexibility index (Phi) is 3.88. The lowest BCUT2D eigenvalue weighted by atomic mass is 9.82. The fraction of sp³-hybridized carbons (Fsp3) is 0.353. The summed E-state index contributed by atoms with van der Waals surface area (Å²) in [6.07, 6.45) is -0.541. The van der Waals surface area contributed by atoms with Crippen molar-refractivity contribution in [3.63, 3.8) is 0 Å². The van der Waals surface area contributed by atoms with E-state index in [0.29, 0.717) is 23.1 Å². The number of rotatable bonds is 4. The second-order valence-corrected chi connectivity index (χ2v) is 6.02. The summed E-state index contributed by atoms with van der Waals surface area (Å²) < 4.78 is 0. The maximum absolute atomic E-state index is 12.2. The minimum Gasteiger partial charge on any atom is -0.543 e. The van der Waals surface area contributed by atoms with Crippen LogP contribution in [-0.4, -0.2) is 47.0 Å². The first-order valence-corrected chi connectivity index (χ1v) is 7.65. The van der Waals surface area contributed by atoms with E-state index in [0.717, 1.165) is 0 Å². The first kappa shape index (κ1) is 16.2. The number of fused-ring (bicyclic) bond motifs is 1. The van der Waals surface area contributed by atoms with Crippen LogP contribution in [0.3, 0.4) is 0 Å². The molecule has 2 aliphatic rings. The monoisotopic (exact) mass is 329 g/mol. The number of benzene rings is 1. The molecule has 1 fully saturated rings. The van der Waals surface area contributed by atoms with Crippen LogP contribution in [0.5, 0.6) is 0 Å². The minimum atomic E-state index is -1.43. The van der Waals surface area contributed by atoms with Crippen molar-refractivity contribution in [2.24, 2.45) is 5.92 Å². The summed E-state index contributed by atoms with van der Waals surface area (Å²) in [5.41, 5.74) is 1.23. The zero-order chi connectivity index (χ0) is 17.6. The highest BCUT2D eigenvalue weighted by Gasteiger charge is 2.55. The molecule has 0 aliphatic carbocycles. The molecule has 2 aliphatic heterocycles. The summed E-state index contributed by atoms with van der Waals surface area (Å²) in [4.78, 5) is 36.7. The van der Waals surface area contributed by atoms with E-state index in [2.05, 4.69) is 5.32 Å². The molecule has 1 aromatic rings. The number of β-lactam (4-membered cyclic amide) rings is 1. The van der Waals surface area contributed by atoms with E-state index in [4.69, 9.17) is 0 Å². The van der Waals surface area contributed by atoms with Gasteiger partial charge in [-0.05, 0) is 36.6 Å². The summed E-state index contributed by atoms with van der Waals surface area (Å²) in [5, 5.41) is 23.8. The van der Waals surface area contributed by atoms with Gasteiger partial charge < -0.3 is 25.2 Å². The van der Waals surface area contributed by atoms with Crippen LogP contribution in [0, 0.1) is 5.92 Å². The third kappa shape index (κ3) is 2.28. The normalized spacial score (nSPS) is 23.6. The summed E-state index contributed by atoms with van der Waals surface area (Å²) in [5.74, 6) is -2.74. The van der Waals surface area contributed by atoms with Gasteiger partial charge in [-0.2, -0.15) is 0 Å². The molecule has 0 unspecified atom stereocenters. The van der Waals surface area contributed by atoms with Gasteiger partial charge in [0.25, 0.3) is 5.91 Å². The Labute approximate surface area is 138 Å². The van der Waals surface area contributed by atoms with Crippen LogP contribution in [0.1, 0.15) is 29.3 Å². The molecule has 24 heavy (non-hydrogen) atoms. The summed E-state index contributed by atoms with van der Waals surface area (Å²) in [7, 11) is 1.51. The van der Waals surface area contributed by atoms with Crippen molar-refractivity contribution in [2.45, 2.75) is 25.5 Å². The van der Waals surface area contributed by atoms with Gasteiger partial charge in [-0.3, -0.25) is 9.59 Å². The number of carbonyl (C=O) groups excluding carboxylic acids is 3. The molecule has 0 bridgehead atoms. The molecule has 2 heterocycles. The molecule has 3 atom stereocenters. The highest BCUT2D eigenvalue weighted by molar-refractivity contribution is 6.06. The number of aliphatic hydroxyl groups excluding tert-OH is 1. The van der Waals surface area contributed by atoms with Crippen LogP contribution in [0.15, 0.2) is 30.0 Å². The molecular weight excluding hydrogens is 312 g/mol. The van der Waals surface area contributed by atoms with Crippen LogP contribution in [0.4, 0.5) is 0 Å². The van der Waals surface area contributed by atoms with E-state index in [1.54, 1.807) is 24.3 Å². The smallest absolute Gasteiger partial charge is 0.251 e. The summed E-state index contributed by atoms with van der Waals surface area (Å²) in [6.45, 7) is 1.52. The maximum Gasteiger partial charge on any atom is 0.251 e. The van der Waals surface area contributed by atoms with Gasteiger partial charge in [0.2, 0.25) is 5.91 Å². The van der Waals surface area contributed by atoms with E-state index < -0.39 is 23.9 Å². The molecule has 0 radical (unpaired) electrons. The zero-order valence-electron chi connectivity index (χ0n) is 13.3. The molecule has 2 amide bonds. The Balaban J connectivity index is 2.03. The quantitative estimate of drug-likeness (QED) is 0.697. The number of aliphatic carboxylic acids is 1. The van der Waals surface area contributed by atoms with E-state index in [1.165, 1.54) is 18.9 Å². The van der Waals surface area contributed by atoms with Crippen molar-refractivity contribution in [3.05, 3.63) is 41.1 Å². The Morgan fingerprint density at radius 3 is 2.71 bits per heavy atom. The lowest BCUT2D eigenvalue weighted by molar-refractivity contribution is -0.301.